The highest BCUT2D eigenvalue weighted by atomic mass is 16.6. The van der Waals surface area contributed by atoms with Gasteiger partial charge in [0, 0.05) is 38.2 Å². The van der Waals surface area contributed by atoms with Gasteiger partial charge >= 0.3 is 18.0 Å². The summed E-state index contributed by atoms with van der Waals surface area (Å²) < 4.78 is 14.4. The molecule has 4 heterocycles. The summed E-state index contributed by atoms with van der Waals surface area (Å²) in [6.45, 7) is 9.48. The molecule has 2 fully saturated rings. The predicted molar refractivity (Wildman–Crippen MR) is 142 cm³/mol. The Bertz CT molecular complexity index is 1320. The molecule has 3 atom stereocenters. The maximum Gasteiger partial charge on any atom is 0.420 e. The van der Waals surface area contributed by atoms with Crippen LogP contribution in [-0.4, -0.2) is 98.2 Å². The number of carbonyl (C=O) groups is 3. The quantitative estimate of drug-likeness (QED) is 0.428. The first-order valence-corrected chi connectivity index (χ1v) is 13.2. The molecule has 0 N–H and O–H groups in total. The topological polar surface area (TPSA) is 134 Å². The Labute approximate surface area is 227 Å². The van der Waals surface area contributed by atoms with Crippen molar-refractivity contribution in [3.05, 3.63) is 18.6 Å². The third kappa shape index (κ3) is 6.53. The lowest BCUT2D eigenvalue weighted by Crippen LogP contribution is -2.44. The van der Waals surface area contributed by atoms with E-state index in [4.69, 9.17) is 14.7 Å². The van der Waals surface area contributed by atoms with Gasteiger partial charge in [-0.05, 0) is 44.2 Å². The third-order valence-electron chi connectivity index (χ3n) is 7.07. The van der Waals surface area contributed by atoms with E-state index in [1.165, 1.54) is 10.9 Å². The Balaban J connectivity index is 1.47. The average Bonchev–Trinajstić information content (AvgIpc) is 3.51. The Morgan fingerprint density at radius 3 is 2.62 bits per heavy atom. The smallest absolute Gasteiger partial charge is 0.420 e. The zero-order valence-electron chi connectivity index (χ0n) is 23.2. The molecule has 4 rings (SSSR count). The van der Waals surface area contributed by atoms with Crippen LogP contribution in [0.1, 0.15) is 47.0 Å². The molecular weight excluding hydrogens is 502 g/mol. The van der Waals surface area contributed by atoms with Gasteiger partial charge in [-0.1, -0.05) is 6.92 Å². The van der Waals surface area contributed by atoms with E-state index in [2.05, 4.69) is 16.9 Å². The van der Waals surface area contributed by atoms with Gasteiger partial charge < -0.3 is 19.3 Å². The summed E-state index contributed by atoms with van der Waals surface area (Å²) in [4.78, 5) is 49.7. The highest BCUT2D eigenvalue weighted by Gasteiger charge is 2.33. The van der Waals surface area contributed by atoms with Crippen molar-refractivity contribution in [2.75, 3.05) is 33.2 Å². The van der Waals surface area contributed by atoms with Gasteiger partial charge in [0.1, 0.15) is 23.5 Å². The number of hydrogen-bond donors (Lipinski definition) is 0. The average molecular weight is 539 g/mol. The summed E-state index contributed by atoms with van der Waals surface area (Å²) in [5.41, 5.74) is -0.184. The first-order valence-electron chi connectivity index (χ1n) is 13.2. The molecule has 2 aromatic rings. The first kappa shape index (κ1) is 28.0. The van der Waals surface area contributed by atoms with Gasteiger partial charge in [0.15, 0.2) is 5.65 Å². The predicted octanol–water partition coefficient (Wildman–Crippen LogP) is 3.17. The Morgan fingerprint density at radius 2 is 1.90 bits per heavy atom. The lowest BCUT2D eigenvalue weighted by Gasteiger charge is -2.34. The summed E-state index contributed by atoms with van der Waals surface area (Å²) in [5.74, 6) is 0.902. The molecular formula is C27H36N7O5+. The van der Waals surface area contributed by atoms with Crippen molar-refractivity contribution in [2.24, 2.45) is 11.8 Å². The van der Waals surface area contributed by atoms with Crippen LogP contribution in [0.15, 0.2) is 18.6 Å². The zero-order valence-corrected chi connectivity index (χ0v) is 23.2. The van der Waals surface area contributed by atoms with Gasteiger partial charge in [0.05, 0.1) is 25.9 Å². The van der Waals surface area contributed by atoms with E-state index in [1.807, 2.05) is 44.7 Å². The number of hydrogen-bond acceptors (Lipinski definition) is 8. The fourth-order valence-electron chi connectivity index (χ4n) is 4.94. The molecule has 0 radical (unpaired) electrons. The normalized spacial score (nSPS) is 22.1. The van der Waals surface area contributed by atoms with Crippen LogP contribution in [0, 0.1) is 23.2 Å². The lowest BCUT2D eigenvalue weighted by atomic mass is 9.87. The summed E-state index contributed by atoms with van der Waals surface area (Å²) >= 11 is 0. The van der Waals surface area contributed by atoms with E-state index in [0.717, 1.165) is 6.42 Å². The van der Waals surface area contributed by atoms with Crippen LogP contribution in [0.25, 0.3) is 11.0 Å². The van der Waals surface area contributed by atoms with Gasteiger partial charge in [-0.3, -0.25) is 4.79 Å². The molecule has 208 valence electrons. The molecule has 2 aliphatic heterocycles. The van der Waals surface area contributed by atoms with E-state index >= 15 is 0 Å². The molecule has 0 bridgehead atoms. The number of amides is 2. The minimum Gasteiger partial charge on any atom is -0.444 e. The van der Waals surface area contributed by atoms with Crippen molar-refractivity contribution in [3.63, 3.8) is 0 Å². The van der Waals surface area contributed by atoms with Crippen molar-refractivity contribution in [1.29, 1.82) is 5.26 Å². The Hall–Kier alpha value is -4.01. The minimum atomic E-state index is -0.596. The molecule has 12 heteroatoms. The summed E-state index contributed by atoms with van der Waals surface area (Å²) in [5, 5.41) is 9.56. The number of carbonyl (C=O) groups excluding carboxylic acids is 3. The van der Waals surface area contributed by atoms with Crippen molar-refractivity contribution in [2.45, 2.75) is 58.7 Å². The number of likely N-dealkylation sites (tertiary alicyclic amines) is 2. The summed E-state index contributed by atoms with van der Waals surface area (Å²) in [7, 11) is 1.88. The van der Waals surface area contributed by atoms with Crippen LogP contribution in [0.3, 0.4) is 0 Å². The Morgan fingerprint density at radius 1 is 1.15 bits per heavy atom. The Kier molecular flexibility index (Phi) is 8.18. The molecule has 0 aliphatic carbocycles. The maximum atomic E-state index is 13.0. The number of nitrogens with zero attached hydrogens (tertiary/aromatic N) is 7. The minimum absolute atomic E-state index is 0.0822. The fraction of sp³-hybridized carbons (Fsp3) is 0.593. The van der Waals surface area contributed by atoms with Gasteiger partial charge in [-0.15, -0.1) is 0 Å². The molecule has 2 saturated heterocycles. The van der Waals surface area contributed by atoms with Crippen LogP contribution < -0.4 is 0 Å². The largest absolute Gasteiger partial charge is 0.444 e. The zero-order chi connectivity index (χ0) is 28.3. The highest BCUT2D eigenvalue weighted by Crippen LogP contribution is 2.26. The van der Waals surface area contributed by atoms with Crippen molar-refractivity contribution >= 4 is 41.2 Å². The van der Waals surface area contributed by atoms with Crippen molar-refractivity contribution < 1.29 is 28.4 Å². The van der Waals surface area contributed by atoms with Gasteiger partial charge in [0.2, 0.25) is 12.2 Å². The molecule has 2 aliphatic rings. The highest BCUT2D eigenvalue weighted by molar-refractivity contribution is 5.91. The van der Waals surface area contributed by atoms with Crippen LogP contribution >= 0.6 is 0 Å². The molecule has 0 aromatic carbocycles. The van der Waals surface area contributed by atoms with Crippen LogP contribution in [0.2, 0.25) is 0 Å². The number of nitriles is 1. The standard InChI is InChI=1S/C27H36N7O5/c1-18-7-11-32(22(35)6-10-28)15-19(18)14-31(5)23-21-9-13-34(24(21)30-17-29-23)26(37)38-20-8-12-33(16-20)25(36)39-27(2,3)4/h9,13-14,17-20H,6-8,11-12,15-16H2,1-5H3/q+1/t18-,19?,20?/m1/s1. The number of aromatic nitrogens is 3. The second kappa shape index (κ2) is 11.4. The summed E-state index contributed by atoms with van der Waals surface area (Å²) in [6.07, 6.45) is 4.85. The first-order chi connectivity index (χ1) is 18.5. The SMILES string of the molecule is C[C@@H]1CCN(C(=O)CC#N)CC1C=[N+](C)c1ncnc2c1ccn2C(=O)OC1CCN(C(=O)OC(C)(C)C)C1. The van der Waals surface area contributed by atoms with Crippen LogP contribution in [0.4, 0.5) is 15.4 Å². The van der Waals surface area contributed by atoms with Crippen LogP contribution in [0.5, 0.6) is 0 Å². The van der Waals surface area contributed by atoms with Crippen LogP contribution in [-0.2, 0) is 14.3 Å². The van der Waals surface area contributed by atoms with Crippen molar-refractivity contribution in [1.82, 2.24) is 24.3 Å². The summed E-state index contributed by atoms with van der Waals surface area (Å²) in [6, 6.07) is 3.70. The van der Waals surface area contributed by atoms with Gasteiger partial charge in [-0.25, -0.2) is 18.7 Å². The molecule has 0 spiro atoms. The van der Waals surface area contributed by atoms with E-state index < -0.39 is 23.9 Å². The number of rotatable bonds is 4. The molecule has 2 unspecified atom stereocenters. The monoisotopic (exact) mass is 538 g/mol. The molecule has 2 amide bonds. The van der Waals surface area contributed by atoms with E-state index in [0.29, 0.717) is 48.8 Å². The lowest BCUT2D eigenvalue weighted by molar-refractivity contribution is -0.405. The van der Waals surface area contributed by atoms with E-state index in [9.17, 15) is 14.4 Å². The van der Waals surface area contributed by atoms with Gasteiger partial charge in [0.25, 0.3) is 0 Å². The molecule has 2 aromatic heterocycles. The third-order valence-corrected chi connectivity index (χ3v) is 7.07. The van der Waals surface area contributed by atoms with E-state index in [-0.39, 0.29) is 24.8 Å². The fourth-order valence-corrected chi connectivity index (χ4v) is 4.94. The second-order valence-electron chi connectivity index (χ2n) is 11.2. The molecule has 12 nitrogen and oxygen atoms in total. The van der Waals surface area contributed by atoms with Gasteiger partial charge in [-0.2, -0.15) is 10.2 Å². The molecule has 0 saturated carbocycles. The second-order valence-corrected chi connectivity index (χ2v) is 11.2. The van der Waals surface area contributed by atoms with E-state index in [1.54, 1.807) is 22.1 Å². The molecule has 39 heavy (non-hydrogen) atoms. The number of fused-ring (bicyclic) bond motifs is 1. The maximum absolute atomic E-state index is 13.0. The van der Waals surface area contributed by atoms with Crippen molar-refractivity contribution in [3.8, 4) is 6.07 Å². The number of piperidine rings is 1. The number of ether oxygens (including phenoxy) is 2.